The molecule has 128 valence electrons. The second-order valence-corrected chi connectivity index (χ2v) is 6.51. The molecule has 1 aliphatic rings. The minimum absolute atomic E-state index is 0.0323. The van der Waals surface area contributed by atoms with Crippen molar-refractivity contribution in [2.75, 3.05) is 26.3 Å². The van der Waals surface area contributed by atoms with Crippen LogP contribution in [0.5, 0.6) is 0 Å². The van der Waals surface area contributed by atoms with E-state index in [0.717, 1.165) is 30.1 Å². The van der Waals surface area contributed by atoms with E-state index < -0.39 is 0 Å². The van der Waals surface area contributed by atoms with Gasteiger partial charge in [0, 0.05) is 37.4 Å². The zero-order valence-electron chi connectivity index (χ0n) is 13.8. The maximum absolute atomic E-state index is 12.1. The van der Waals surface area contributed by atoms with Crippen LogP contribution in [-0.4, -0.2) is 48.0 Å². The fraction of sp³-hybridized carbons (Fsp3) is 0.688. The van der Waals surface area contributed by atoms with Crippen LogP contribution in [0.4, 0.5) is 0 Å². The molecule has 0 bridgehead atoms. The first-order valence-corrected chi connectivity index (χ1v) is 9.08. The molecular formula is C16H25N3O3S. The smallest absolute Gasteiger partial charge is 0.248 e. The van der Waals surface area contributed by atoms with Gasteiger partial charge in [-0.05, 0) is 19.8 Å². The second kappa shape index (κ2) is 8.98. The van der Waals surface area contributed by atoms with Crippen molar-refractivity contribution < 1.29 is 14.3 Å². The van der Waals surface area contributed by atoms with Gasteiger partial charge in [-0.3, -0.25) is 9.59 Å². The first-order valence-electron chi connectivity index (χ1n) is 8.20. The fourth-order valence-corrected chi connectivity index (χ4v) is 3.54. The van der Waals surface area contributed by atoms with Crippen LogP contribution in [0.25, 0.3) is 0 Å². The number of carbonyl (C=O) groups is 2. The van der Waals surface area contributed by atoms with Gasteiger partial charge < -0.3 is 15.0 Å². The maximum Gasteiger partial charge on any atom is 0.248 e. The highest BCUT2D eigenvalue weighted by Gasteiger charge is 2.26. The molecule has 1 saturated heterocycles. The fourth-order valence-electron chi connectivity index (χ4n) is 2.59. The van der Waals surface area contributed by atoms with Gasteiger partial charge in [-0.25, -0.2) is 4.98 Å². The second-order valence-electron chi connectivity index (χ2n) is 5.62. The number of likely N-dealkylation sites (tertiary alicyclic amines) is 1. The average Bonchev–Trinajstić information content (AvgIpc) is 3.06. The van der Waals surface area contributed by atoms with Crippen LogP contribution in [0, 0.1) is 0 Å². The Labute approximate surface area is 141 Å². The van der Waals surface area contributed by atoms with Crippen molar-refractivity contribution in [1.82, 2.24) is 15.2 Å². The van der Waals surface area contributed by atoms with Gasteiger partial charge in [-0.2, -0.15) is 0 Å². The highest BCUT2D eigenvalue weighted by molar-refractivity contribution is 7.09. The topological polar surface area (TPSA) is 71.5 Å². The molecule has 1 unspecified atom stereocenters. The van der Waals surface area contributed by atoms with Crippen LogP contribution in [0.3, 0.4) is 0 Å². The van der Waals surface area contributed by atoms with Crippen LogP contribution in [0.2, 0.25) is 0 Å². The Kier molecular flexibility index (Phi) is 6.98. The van der Waals surface area contributed by atoms with Crippen molar-refractivity contribution in [2.45, 2.75) is 45.6 Å². The predicted molar refractivity (Wildman–Crippen MR) is 89.3 cm³/mol. The number of amides is 2. The van der Waals surface area contributed by atoms with Crippen molar-refractivity contribution in [3.63, 3.8) is 0 Å². The quantitative estimate of drug-likeness (QED) is 0.824. The molecule has 0 spiro atoms. The molecule has 0 aromatic carbocycles. The zero-order chi connectivity index (χ0) is 16.7. The summed E-state index contributed by atoms with van der Waals surface area (Å²) in [7, 11) is 0. The first kappa shape index (κ1) is 17.9. The highest BCUT2D eigenvalue weighted by Crippen LogP contribution is 2.29. The molecule has 1 atom stereocenters. The SMILES string of the molecule is CCOCC(=O)N1CCCC(c2nc(CNC(=O)CC)cs2)C1. The zero-order valence-corrected chi connectivity index (χ0v) is 14.7. The molecule has 6 nitrogen and oxygen atoms in total. The Morgan fingerprint density at radius 3 is 3.04 bits per heavy atom. The largest absolute Gasteiger partial charge is 0.372 e. The molecule has 2 amide bonds. The third-order valence-corrected chi connectivity index (χ3v) is 4.97. The van der Waals surface area contributed by atoms with Gasteiger partial charge in [0.15, 0.2) is 0 Å². The van der Waals surface area contributed by atoms with Gasteiger partial charge in [0.05, 0.1) is 17.2 Å². The Hall–Kier alpha value is -1.47. The lowest BCUT2D eigenvalue weighted by atomic mass is 9.98. The van der Waals surface area contributed by atoms with Crippen molar-refractivity contribution in [2.24, 2.45) is 0 Å². The molecule has 7 heteroatoms. The number of aromatic nitrogens is 1. The molecule has 2 heterocycles. The molecule has 0 aliphatic carbocycles. The van der Waals surface area contributed by atoms with Crippen LogP contribution in [0.1, 0.15) is 49.7 Å². The Morgan fingerprint density at radius 1 is 1.48 bits per heavy atom. The minimum atomic E-state index is 0.0323. The molecule has 0 radical (unpaired) electrons. The van der Waals surface area contributed by atoms with E-state index in [2.05, 4.69) is 10.3 Å². The molecule has 1 fully saturated rings. The van der Waals surface area contributed by atoms with Crippen molar-refractivity contribution in [3.8, 4) is 0 Å². The van der Waals surface area contributed by atoms with Gasteiger partial charge >= 0.3 is 0 Å². The van der Waals surface area contributed by atoms with E-state index in [1.54, 1.807) is 11.3 Å². The summed E-state index contributed by atoms with van der Waals surface area (Å²) in [5.41, 5.74) is 0.893. The van der Waals surface area contributed by atoms with Gasteiger partial charge in [0.1, 0.15) is 6.61 Å². The lowest BCUT2D eigenvalue weighted by Crippen LogP contribution is -2.41. The van der Waals surface area contributed by atoms with Crippen LogP contribution in [0.15, 0.2) is 5.38 Å². The Balaban J connectivity index is 1.89. The van der Waals surface area contributed by atoms with E-state index in [1.165, 1.54) is 0 Å². The summed E-state index contributed by atoms with van der Waals surface area (Å²) in [4.78, 5) is 29.9. The average molecular weight is 339 g/mol. The van der Waals surface area contributed by atoms with Crippen molar-refractivity contribution in [1.29, 1.82) is 0 Å². The van der Waals surface area contributed by atoms with E-state index in [4.69, 9.17) is 4.74 Å². The van der Waals surface area contributed by atoms with E-state index in [-0.39, 0.29) is 24.3 Å². The van der Waals surface area contributed by atoms with Gasteiger partial charge in [0.25, 0.3) is 0 Å². The third kappa shape index (κ3) is 5.28. The van der Waals surface area contributed by atoms with Gasteiger partial charge in [0.2, 0.25) is 11.8 Å². The summed E-state index contributed by atoms with van der Waals surface area (Å²) >= 11 is 1.62. The molecule has 1 aromatic heterocycles. The number of piperidine rings is 1. The number of hydrogen-bond donors (Lipinski definition) is 1. The summed E-state index contributed by atoms with van der Waals surface area (Å²) in [5.74, 6) is 0.378. The normalized spacial score (nSPS) is 18.0. The minimum Gasteiger partial charge on any atom is -0.372 e. The number of nitrogens with one attached hydrogen (secondary N) is 1. The van der Waals surface area contributed by atoms with E-state index in [1.807, 2.05) is 24.1 Å². The van der Waals surface area contributed by atoms with Gasteiger partial charge in [-0.15, -0.1) is 11.3 Å². The summed E-state index contributed by atoms with van der Waals surface area (Å²) in [6, 6.07) is 0. The summed E-state index contributed by atoms with van der Waals surface area (Å²) in [5, 5.41) is 5.89. The molecule has 23 heavy (non-hydrogen) atoms. The lowest BCUT2D eigenvalue weighted by molar-refractivity contribution is -0.137. The van der Waals surface area contributed by atoms with E-state index >= 15 is 0 Å². The highest BCUT2D eigenvalue weighted by atomic mass is 32.1. The third-order valence-electron chi connectivity index (χ3n) is 3.91. The Bertz CT molecular complexity index is 532. The Morgan fingerprint density at radius 2 is 2.30 bits per heavy atom. The maximum atomic E-state index is 12.1. The number of thiazole rings is 1. The number of hydrogen-bond acceptors (Lipinski definition) is 5. The van der Waals surface area contributed by atoms with Crippen LogP contribution in [-0.2, 0) is 20.9 Å². The summed E-state index contributed by atoms with van der Waals surface area (Å²) in [6.45, 7) is 6.42. The lowest BCUT2D eigenvalue weighted by Gasteiger charge is -2.31. The molecule has 0 saturated carbocycles. The van der Waals surface area contributed by atoms with Gasteiger partial charge in [-0.1, -0.05) is 6.92 Å². The predicted octanol–water partition coefficient (Wildman–Crippen LogP) is 1.91. The number of rotatable bonds is 7. The molecule has 1 aliphatic heterocycles. The van der Waals surface area contributed by atoms with Crippen molar-refractivity contribution in [3.05, 3.63) is 16.1 Å². The summed E-state index contributed by atoms with van der Waals surface area (Å²) < 4.78 is 5.21. The molecular weight excluding hydrogens is 314 g/mol. The van der Waals surface area contributed by atoms with E-state index in [9.17, 15) is 9.59 Å². The van der Waals surface area contributed by atoms with Crippen LogP contribution < -0.4 is 5.32 Å². The number of carbonyl (C=O) groups excluding carboxylic acids is 2. The number of ether oxygens (including phenoxy) is 1. The van der Waals surface area contributed by atoms with E-state index in [0.29, 0.717) is 26.1 Å². The van der Waals surface area contributed by atoms with Crippen LogP contribution >= 0.6 is 11.3 Å². The monoisotopic (exact) mass is 339 g/mol. The van der Waals surface area contributed by atoms with Crippen molar-refractivity contribution >= 4 is 23.2 Å². The molecule has 1 aromatic rings. The molecule has 2 rings (SSSR count). The summed E-state index contributed by atoms with van der Waals surface area (Å²) in [6.07, 6.45) is 2.52. The standard InChI is InChI=1S/C16H25N3O3S/c1-3-14(20)17-8-13-11-23-16(18-13)12-6-5-7-19(9-12)15(21)10-22-4-2/h11-12H,3-10H2,1-2H3,(H,17,20). The molecule has 1 N–H and O–H groups in total. The number of nitrogens with zero attached hydrogens (tertiary/aromatic N) is 2. The first-order chi connectivity index (χ1) is 11.1.